The van der Waals surface area contributed by atoms with Gasteiger partial charge in [-0.15, -0.1) is 0 Å². The third-order valence-electron chi connectivity index (χ3n) is 4.18. The molecule has 2 aliphatic heterocycles. The summed E-state index contributed by atoms with van der Waals surface area (Å²) in [6.45, 7) is 2.83. The fourth-order valence-electron chi connectivity index (χ4n) is 2.85. The van der Waals surface area contributed by atoms with Crippen LogP contribution < -0.4 is 9.47 Å². The third-order valence-corrected chi connectivity index (χ3v) is 4.18. The van der Waals surface area contributed by atoms with Crippen molar-refractivity contribution < 1.29 is 28.7 Å². The Hall–Kier alpha value is -3.10. The summed E-state index contributed by atoms with van der Waals surface area (Å²) in [6.07, 6.45) is 3.30. The van der Waals surface area contributed by atoms with E-state index in [1.165, 1.54) is 25.1 Å². The molecule has 0 aliphatic carbocycles. The van der Waals surface area contributed by atoms with Gasteiger partial charge in [-0.25, -0.2) is 4.79 Å². The zero-order valence-corrected chi connectivity index (χ0v) is 14.2. The molecular weight excluding hydrogens is 344 g/mol. The van der Waals surface area contributed by atoms with Crippen molar-refractivity contribution in [1.29, 1.82) is 0 Å². The van der Waals surface area contributed by atoms with E-state index < -0.39 is 17.0 Å². The fraction of sp³-hybridized carbons (Fsp3) is 0.412. The van der Waals surface area contributed by atoms with Gasteiger partial charge in [0.05, 0.1) is 16.6 Å². The van der Waals surface area contributed by atoms with Crippen molar-refractivity contribution in [2.24, 2.45) is 0 Å². The van der Waals surface area contributed by atoms with Gasteiger partial charge in [0.15, 0.2) is 17.6 Å². The van der Waals surface area contributed by atoms with E-state index in [9.17, 15) is 19.7 Å². The number of nitrogens with zero attached hydrogens (tertiary/aromatic N) is 2. The molecule has 0 saturated carbocycles. The highest BCUT2D eigenvalue weighted by atomic mass is 16.7. The maximum Gasteiger partial charge on any atom is 0.331 e. The van der Waals surface area contributed by atoms with Gasteiger partial charge in [0.2, 0.25) is 6.79 Å². The Kier molecular flexibility index (Phi) is 5.06. The maximum atomic E-state index is 12.1. The fourth-order valence-corrected chi connectivity index (χ4v) is 2.85. The molecule has 0 N–H and O–H groups in total. The Balaban J connectivity index is 1.68. The molecule has 0 unspecified atom stereocenters. The molecular formula is C17H18N2O7. The zero-order chi connectivity index (χ0) is 18.7. The average molecular weight is 362 g/mol. The summed E-state index contributed by atoms with van der Waals surface area (Å²) in [5, 5.41) is 11.2. The summed E-state index contributed by atoms with van der Waals surface area (Å²) in [6, 6.07) is 2.66. The van der Waals surface area contributed by atoms with Gasteiger partial charge in [-0.1, -0.05) is 0 Å². The van der Waals surface area contributed by atoms with Crippen LogP contribution in [0.3, 0.4) is 0 Å². The lowest BCUT2D eigenvalue weighted by molar-refractivity contribution is -0.385. The smallest absolute Gasteiger partial charge is 0.331 e. The second-order valence-electron chi connectivity index (χ2n) is 5.97. The number of benzene rings is 1. The number of fused-ring (bicyclic) bond motifs is 1. The molecule has 0 spiro atoms. The van der Waals surface area contributed by atoms with Gasteiger partial charge < -0.3 is 19.1 Å². The Morgan fingerprint density at radius 3 is 2.58 bits per heavy atom. The molecule has 0 aromatic heterocycles. The minimum absolute atomic E-state index is 0.0160. The third kappa shape index (κ3) is 3.76. The first-order chi connectivity index (χ1) is 12.5. The standard InChI is InChI=1S/C17H18N2O7/c1-11(17(21)18-6-2-3-7-18)26-16(20)5-4-12-8-14-15(25-10-24-14)9-13(12)19(22)23/h4-5,8-9,11H,2-3,6-7,10H2,1H3/b5-4+/t11-/m1/s1. The maximum absolute atomic E-state index is 12.1. The van der Waals surface area contributed by atoms with Gasteiger partial charge in [0.25, 0.3) is 11.6 Å². The average Bonchev–Trinajstić information content (AvgIpc) is 3.29. The van der Waals surface area contributed by atoms with E-state index in [2.05, 4.69) is 0 Å². The molecule has 9 heteroatoms. The van der Waals surface area contributed by atoms with E-state index in [0.29, 0.717) is 18.8 Å². The normalized spacial score (nSPS) is 16.7. The molecule has 26 heavy (non-hydrogen) atoms. The van der Waals surface area contributed by atoms with Crippen LogP contribution in [-0.2, 0) is 14.3 Å². The summed E-state index contributed by atoms with van der Waals surface area (Å²) < 4.78 is 15.4. The number of hydrogen-bond donors (Lipinski definition) is 0. The number of carbonyl (C=O) groups excluding carboxylic acids is 2. The first-order valence-corrected chi connectivity index (χ1v) is 8.21. The summed E-state index contributed by atoms with van der Waals surface area (Å²) in [4.78, 5) is 36.4. The van der Waals surface area contributed by atoms with Crippen molar-refractivity contribution in [3.8, 4) is 11.5 Å². The SMILES string of the molecule is C[C@@H](OC(=O)/C=C/c1cc2c(cc1[N+](=O)[O-])OCO2)C(=O)N1CCCC1. The molecule has 138 valence electrons. The number of amides is 1. The molecule has 1 amide bonds. The van der Waals surface area contributed by atoms with E-state index in [0.717, 1.165) is 18.9 Å². The first kappa shape index (κ1) is 17.7. The number of nitro benzene ring substituents is 1. The number of ether oxygens (including phenoxy) is 3. The number of hydrogen-bond acceptors (Lipinski definition) is 7. The summed E-state index contributed by atoms with van der Waals surface area (Å²) in [7, 11) is 0. The second-order valence-corrected chi connectivity index (χ2v) is 5.97. The minimum Gasteiger partial charge on any atom is -0.454 e. The topological polar surface area (TPSA) is 108 Å². The monoisotopic (exact) mass is 362 g/mol. The van der Waals surface area contributed by atoms with E-state index >= 15 is 0 Å². The largest absolute Gasteiger partial charge is 0.454 e. The van der Waals surface area contributed by atoms with Crippen LogP contribution in [0, 0.1) is 10.1 Å². The van der Waals surface area contributed by atoms with Crippen molar-refractivity contribution in [2.75, 3.05) is 19.9 Å². The minimum atomic E-state index is -0.906. The Bertz CT molecular complexity index is 769. The van der Waals surface area contributed by atoms with Crippen molar-refractivity contribution in [3.63, 3.8) is 0 Å². The lowest BCUT2D eigenvalue weighted by Gasteiger charge is -2.19. The van der Waals surface area contributed by atoms with E-state index in [1.807, 2.05) is 0 Å². The molecule has 1 saturated heterocycles. The quantitative estimate of drug-likeness (QED) is 0.340. The molecule has 9 nitrogen and oxygen atoms in total. The molecule has 1 atom stereocenters. The number of likely N-dealkylation sites (tertiary alicyclic amines) is 1. The predicted molar refractivity (Wildman–Crippen MR) is 89.6 cm³/mol. The Morgan fingerprint density at radius 2 is 1.92 bits per heavy atom. The summed E-state index contributed by atoms with van der Waals surface area (Å²) >= 11 is 0. The lowest BCUT2D eigenvalue weighted by Crippen LogP contribution is -2.37. The van der Waals surface area contributed by atoms with Crippen LogP contribution in [0.4, 0.5) is 5.69 Å². The number of nitro groups is 1. The van der Waals surface area contributed by atoms with E-state index in [-0.39, 0.29) is 29.7 Å². The number of carbonyl (C=O) groups is 2. The van der Waals surface area contributed by atoms with Gasteiger partial charge in [-0.2, -0.15) is 0 Å². The van der Waals surface area contributed by atoms with Crippen LogP contribution in [-0.4, -0.2) is 47.7 Å². The first-order valence-electron chi connectivity index (χ1n) is 8.21. The molecule has 1 aromatic carbocycles. The molecule has 0 bridgehead atoms. The molecule has 1 aromatic rings. The van der Waals surface area contributed by atoms with Gasteiger partial charge in [-0.3, -0.25) is 14.9 Å². The van der Waals surface area contributed by atoms with Crippen LogP contribution >= 0.6 is 0 Å². The second kappa shape index (κ2) is 7.42. The number of esters is 1. The molecule has 2 heterocycles. The van der Waals surface area contributed by atoms with E-state index in [4.69, 9.17) is 14.2 Å². The number of rotatable bonds is 5. The van der Waals surface area contributed by atoms with Crippen molar-refractivity contribution in [2.45, 2.75) is 25.9 Å². The molecule has 1 fully saturated rings. The molecule has 0 radical (unpaired) electrons. The lowest BCUT2D eigenvalue weighted by atomic mass is 10.1. The van der Waals surface area contributed by atoms with Gasteiger partial charge in [-0.05, 0) is 31.9 Å². The van der Waals surface area contributed by atoms with Crippen LogP contribution in [0.25, 0.3) is 6.08 Å². The van der Waals surface area contributed by atoms with Gasteiger partial charge >= 0.3 is 5.97 Å². The van der Waals surface area contributed by atoms with E-state index in [1.54, 1.807) is 4.90 Å². The molecule has 2 aliphatic rings. The van der Waals surface area contributed by atoms with Gasteiger partial charge in [0.1, 0.15) is 0 Å². The summed E-state index contributed by atoms with van der Waals surface area (Å²) in [5.41, 5.74) is -0.0470. The Morgan fingerprint density at radius 1 is 1.27 bits per heavy atom. The van der Waals surface area contributed by atoms with Crippen molar-refractivity contribution in [1.82, 2.24) is 4.90 Å². The zero-order valence-electron chi connectivity index (χ0n) is 14.2. The highest BCUT2D eigenvalue weighted by Gasteiger charge is 2.26. The van der Waals surface area contributed by atoms with Crippen LogP contribution in [0.5, 0.6) is 11.5 Å². The highest BCUT2D eigenvalue weighted by molar-refractivity contribution is 5.91. The van der Waals surface area contributed by atoms with Crippen LogP contribution in [0.1, 0.15) is 25.3 Å². The van der Waals surface area contributed by atoms with Gasteiger partial charge in [0, 0.05) is 19.2 Å². The van der Waals surface area contributed by atoms with Crippen LogP contribution in [0.15, 0.2) is 18.2 Å². The highest BCUT2D eigenvalue weighted by Crippen LogP contribution is 2.38. The van der Waals surface area contributed by atoms with Crippen molar-refractivity contribution in [3.05, 3.63) is 33.9 Å². The van der Waals surface area contributed by atoms with Crippen molar-refractivity contribution >= 4 is 23.6 Å². The summed E-state index contributed by atoms with van der Waals surface area (Å²) in [5.74, 6) is -0.349. The predicted octanol–water partition coefficient (Wildman–Crippen LogP) is 1.89. The molecule has 3 rings (SSSR count). The van der Waals surface area contributed by atoms with Crippen LogP contribution in [0.2, 0.25) is 0 Å². The Labute approximate surface area is 149 Å².